The minimum absolute atomic E-state index is 0.103. The summed E-state index contributed by atoms with van der Waals surface area (Å²) in [6.45, 7) is 1.90. The van der Waals surface area contributed by atoms with Gasteiger partial charge in [0.15, 0.2) is 0 Å². The maximum absolute atomic E-state index is 12.4. The fourth-order valence-corrected chi connectivity index (χ4v) is 2.76. The van der Waals surface area contributed by atoms with Gasteiger partial charge in [-0.2, -0.15) is 5.26 Å². The molecule has 3 N–H and O–H groups in total. The summed E-state index contributed by atoms with van der Waals surface area (Å²) >= 11 is 0. The molecule has 2 aromatic rings. The highest BCUT2D eigenvalue weighted by atomic mass is 16.6. The molecule has 0 aromatic heterocycles. The van der Waals surface area contributed by atoms with Crippen LogP contribution in [-0.2, 0) is 9.53 Å². The van der Waals surface area contributed by atoms with Gasteiger partial charge in [0.05, 0.1) is 11.6 Å². The van der Waals surface area contributed by atoms with E-state index in [1.54, 1.807) is 42.5 Å². The lowest BCUT2D eigenvalue weighted by atomic mass is 9.93. The molecule has 0 aliphatic rings. The Bertz CT molecular complexity index is 898. The molecule has 29 heavy (non-hydrogen) atoms. The number of phenolic OH excluding ortho intramolecular Hbond substituents is 1. The lowest BCUT2D eigenvalue weighted by molar-refractivity contribution is -0.131. The van der Waals surface area contributed by atoms with Gasteiger partial charge < -0.3 is 14.9 Å². The van der Waals surface area contributed by atoms with E-state index in [0.29, 0.717) is 29.7 Å². The van der Waals surface area contributed by atoms with Crippen LogP contribution in [0.2, 0.25) is 0 Å². The van der Waals surface area contributed by atoms with E-state index >= 15 is 0 Å². The molecule has 0 fully saturated rings. The van der Waals surface area contributed by atoms with E-state index in [4.69, 9.17) is 15.1 Å². The number of phenols is 1. The van der Waals surface area contributed by atoms with Crippen molar-refractivity contribution < 1.29 is 24.5 Å². The Morgan fingerprint density at radius 1 is 1.17 bits per heavy atom. The Hall–Kier alpha value is -3.79. The molecular weight excluding hydrogens is 372 g/mol. The van der Waals surface area contributed by atoms with Gasteiger partial charge in [0.1, 0.15) is 11.9 Å². The van der Waals surface area contributed by atoms with E-state index in [2.05, 4.69) is 5.32 Å². The molecule has 0 aliphatic heterocycles. The van der Waals surface area contributed by atoms with Crippen molar-refractivity contribution in [2.75, 3.05) is 5.32 Å². The van der Waals surface area contributed by atoms with Gasteiger partial charge in [-0.1, -0.05) is 25.1 Å². The van der Waals surface area contributed by atoms with Crippen molar-refractivity contribution in [2.45, 2.75) is 25.9 Å². The van der Waals surface area contributed by atoms with Gasteiger partial charge in [-0.15, -0.1) is 0 Å². The average molecular weight is 394 g/mol. The number of nitrogens with zero attached hydrogens (tertiary/aromatic N) is 1. The van der Waals surface area contributed by atoms with Crippen molar-refractivity contribution in [1.82, 2.24) is 0 Å². The number of benzene rings is 2. The summed E-state index contributed by atoms with van der Waals surface area (Å²) in [6.07, 6.45) is 2.51. The van der Waals surface area contributed by atoms with Gasteiger partial charge in [-0.3, -0.25) is 5.32 Å². The maximum Gasteiger partial charge on any atom is 0.412 e. The molecule has 0 spiro atoms. The summed E-state index contributed by atoms with van der Waals surface area (Å²) < 4.78 is 5.64. The maximum atomic E-state index is 12.4. The van der Waals surface area contributed by atoms with Crippen molar-refractivity contribution in [3.63, 3.8) is 0 Å². The highest BCUT2D eigenvalue weighted by Crippen LogP contribution is 2.31. The quantitative estimate of drug-likeness (QED) is 0.562. The van der Waals surface area contributed by atoms with E-state index < -0.39 is 18.2 Å². The van der Waals surface area contributed by atoms with Gasteiger partial charge in [-0.25, -0.2) is 9.59 Å². The summed E-state index contributed by atoms with van der Waals surface area (Å²) in [5.74, 6) is -1.01. The molecule has 2 rings (SSSR count). The van der Waals surface area contributed by atoms with Crippen LogP contribution in [0.5, 0.6) is 5.75 Å². The van der Waals surface area contributed by atoms with Crippen LogP contribution in [0.3, 0.4) is 0 Å². The van der Waals surface area contributed by atoms with Gasteiger partial charge in [0, 0.05) is 11.8 Å². The lowest BCUT2D eigenvalue weighted by Crippen LogP contribution is -2.22. The number of amides is 1. The molecule has 150 valence electrons. The SMILES string of the molecule is C[C@H](CC/C=C/C(=O)O)[C@H](OC(=O)Nc1ccc(C#N)cc1)c1ccc(O)cc1. The number of ether oxygens (including phenoxy) is 1. The summed E-state index contributed by atoms with van der Waals surface area (Å²) in [5.41, 5.74) is 1.69. The fraction of sp³-hybridized carbons (Fsp3) is 0.227. The molecular formula is C22H22N2O5. The first-order chi connectivity index (χ1) is 13.9. The highest BCUT2D eigenvalue weighted by Gasteiger charge is 2.23. The Balaban J connectivity index is 2.09. The number of hydrogen-bond acceptors (Lipinski definition) is 5. The number of anilines is 1. The van der Waals surface area contributed by atoms with Crippen LogP contribution < -0.4 is 5.32 Å². The third kappa shape index (κ3) is 7.03. The zero-order chi connectivity index (χ0) is 21.2. The standard InChI is InChI=1S/C22H22N2O5/c1-15(4-2-3-5-20(26)27)21(17-8-12-19(25)13-9-17)29-22(28)24-18-10-6-16(14-23)7-11-18/h3,5-13,15,21,25H,2,4H2,1H3,(H,24,28)(H,26,27)/b5-3+/t15-,21+/m1/s1. The van der Waals surface area contributed by atoms with E-state index in [1.165, 1.54) is 12.1 Å². The molecule has 0 heterocycles. The molecule has 0 aliphatic carbocycles. The number of aliphatic carboxylic acids is 1. The first-order valence-corrected chi connectivity index (χ1v) is 9.05. The van der Waals surface area contributed by atoms with Gasteiger partial charge in [0.2, 0.25) is 0 Å². The Morgan fingerprint density at radius 2 is 1.83 bits per heavy atom. The Labute approximate surface area is 168 Å². The number of nitrogens with one attached hydrogen (secondary N) is 1. The first kappa shape index (κ1) is 21.5. The number of aromatic hydroxyl groups is 1. The number of hydrogen-bond donors (Lipinski definition) is 3. The van der Waals surface area contributed by atoms with E-state index in [-0.39, 0.29) is 11.7 Å². The number of carbonyl (C=O) groups is 2. The third-order valence-corrected chi connectivity index (χ3v) is 4.28. The number of rotatable bonds is 8. The van der Waals surface area contributed by atoms with E-state index in [0.717, 1.165) is 6.08 Å². The third-order valence-electron chi connectivity index (χ3n) is 4.28. The topological polar surface area (TPSA) is 120 Å². The molecule has 7 nitrogen and oxygen atoms in total. The Kier molecular flexibility index (Phi) is 7.80. The van der Waals surface area contributed by atoms with Crippen LogP contribution in [-0.4, -0.2) is 22.3 Å². The predicted molar refractivity (Wildman–Crippen MR) is 107 cm³/mol. The highest BCUT2D eigenvalue weighted by molar-refractivity contribution is 5.84. The van der Waals surface area contributed by atoms with Gasteiger partial charge in [0.25, 0.3) is 0 Å². The molecule has 1 amide bonds. The monoisotopic (exact) mass is 394 g/mol. The normalized spacial score (nSPS) is 12.7. The van der Waals surface area contributed by atoms with Gasteiger partial charge >= 0.3 is 12.1 Å². The van der Waals surface area contributed by atoms with E-state index in [1.807, 2.05) is 13.0 Å². The number of carboxylic acid groups (broad SMARTS) is 1. The Morgan fingerprint density at radius 3 is 2.41 bits per heavy atom. The number of nitriles is 1. The van der Waals surface area contributed by atoms with E-state index in [9.17, 15) is 14.7 Å². The van der Waals surface area contributed by atoms with Crippen LogP contribution in [0, 0.1) is 17.2 Å². The summed E-state index contributed by atoms with van der Waals surface area (Å²) in [5, 5.41) is 29.7. The second kappa shape index (κ2) is 10.5. The summed E-state index contributed by atoms with van der Waals surface area (Å²) in [6, 6.07) is 14.8. The molecule has 0 saturated heterocycles. The average Bonchev–Trinajstić information content (AvgIpc) is 2.70. The molecule has 0 saturated carbocycles. The molecule has 0 radical (unpaired) electrons. The molecule has 0 bridgehead atoms. The van der Waals surface area contributed by atoms with Crippen LogP contribution in [0.25, 0.3) is 0 Å². The zero-order valence-electron chi connectivity index (χ0n) is 15.9. The minimum atomic E-state index is -1.01. The number of carbonyl (C=O) groups excluding carboxylic acids is 1. The van der Waals surface area contributed by atoms with Crippen LogP contribution in [0.15, 0.2) is 60.7 Å². The van der Waals surface area contributed by atoms with Crippen molar-refractivity contribution >= 4 is 17.7 Å². The van der Waals surface area contributed by atoms with Gasteiger partial charge in [-0.05, 0) is 60.7 Å². The summed E-state index contributed by atoms with van der Waals surface area (Å²) in [7, 11) is 0. The second-order valence-corrected chi connectivity index (χ2v) is 6.53. The minimum Gasteiger partial charge on any atom is -0.508 e. The van der Waals surface area contributed by atoms with Crippen LogP contribution in [0.1, 0.15) is 37.0 Å². The predicted octanol–water partition coefficient (Wildman–Crippen LogP) is 4.61. The van der Waals surface area contributed by atoms with Crippen molar-refractivity contribution in [2.24, 2.45) is 5.92 Å². The smallest absolute Gasteiger partial charge is 0.412 e. The fourth-order valence-electron chi connectivity index (χ4n) is 2.76. The van der Waals surface area contributed by atoms with Crippen molar-refractivity contribution in [3.05, 3.63) is 71.8 Å². The largest absolute Gasteiger partial charge is 0.508 e. The lowest BCUT2D eigenvalue weighted by Gasteiger charge is -2.24. The summed E-state index contributed by atoms with van der Waals surface area (Å²) in [4.78, 5) is 23.0. The second-order valence-electron chi connectivity index (χ2n) is 6.53. The van der Waals surface area contributed by atoms with Crippen LogP contribution in [0.4, 0.5) is 10.5 Å². The van der Waals surface area contributed by atoms with Crippen LogP contribution >= 0.6 is 0 Å². The van der Waals surface area contributed by atoms with Crippen molar-refractivity contribution in [3.8, 4) is 11.8 Å². The molecule has 0 unspecified atom stereocenters. The number of carboxylic acids is 1. The molecule has 2 aromatic carbocycles. The first-order valence-electron chi connectivity index (χ1n) is 9.05. The molecule has 7 heteroatoms. The number of allylic oxidation sites excluding steroid dienone is 1. The zero-order valence-corrected chi connectivity index (χ0v) is 15.9. The molecule has 2 atom stereocenters. The van der Waals surface area contributed by atoms with Crippen molar-refractivity contribution in [1.29, 1.82) is 5.26 Å².